The van der Waals surface area contributed by atoms with Crippen LogP contribution in [0.2, 0.25) is 0 Å². The first kappa shape index (κ1) is 9.85. The van der Waals surface area contributed by atoms with Crippen molar-refractivity contribution in [1.29, 1.82) is 0 Å². The Morgan fingerprint density at radius 2 is 2.00 bits per heavy atom. The summed E-state index contributed by atoms with van der Waals surface area (Å²) in [7, 11) is 0. The van der Waals surface area contributed by atoms with Gasteiger partial charge in [0.15, 0.2) is 0 Å². The van der Waals surface area contributed by atoms with Crippen molar-refractivity contribution >= 4 is 17.5 Å². The number of Topliss-reactive ketones (excluding diaryl/α,β-unsaturated/α-hetero) is 2. The Morgan fingerprint density at radius 1 is 1.54 bits per heavy atom. The molecule has 0 aromatic rings. The van der Waals surface area contributed by atoms with Gasteiger partial charge >= 0.3 is 5.97 Å². The fraction of sp³-hybridized carbons (Fsp3) is 0.625. The molecule has 0 aromatic carbocycles. The maximum Gasteiger partial charge on any atom is 0.327 e. The number of aliphatic carboxylic acids is 1. The van der Waals surface area contributed by atoms with E-state index in [1.165, 1.54) is 0 Å². The quantitative estimate of drug-likeness (QED) is 0.447. The average Bonchev–Trinajstić information content (AvgIpc) is 2.57. The molecule has 0 radical (unpaired) electrons. The summed E-state index contributed by atoms with van der Waals surface area (Å²) < 4.78 is 0. The lowest BCUT2D eigenvalue weighted by atomic mass is 9.93. The molecule has 1 aliphatic carbocycles. The molecule has 1 fully saturated rings. The number of carboxylic acids is 1. The van der Waals surface area contributed by atoms with E-state index in [2.05, 4.69) is 0 Å². The highest BCUT2D eigenvalue weighted by molar-refractivity contribution is 6.69. The highest BCUT2D eigenvalue weighted by atomic mass is 16.4. The lowest BCUT2D eigenvalue weighted by molar-refractivity contribution is -0.146. The summed E-state index contributed by atoms with van der Waals surface area (Å²) in [5.74, 6) is -3.13. The van der Waals surface area contributed by atoms with Gasteiger partial charge in [-0.15, -0.1) is 0 Å². The molecule has 3 N–H and O–H groups in total. The maximum atomic E-state index is 10.9. The molecule has 5 nitrogen and oxygen atoms in total. The van der Waals surface area contributed by atoms with Gasteiger partial charge in [0.1, 0.15) is 0 Å². The molecule has 1 rings (SSSR count). The molecule has 1 aliphatic rings. The van der Waals surface area contributed by atoms with Gasteiger partial charge in [-0.2, -0.15) is 0 Å². The normalized spacial score (nSPS) is 21.4. The van der Waals surface area contributed by atoms with Crippen molar-refractivity contribution in [3.05, 3.63) is 0 Å². The highest BCUT2D eigenvalue weighted by Gasteiger charge is 2.74. The molecule has 1 atom stereocenters. The molecule has 0 bridgehead atoms. The Morgan fingerprint density at radius 3 is 2.23 bits per heavy atom. The summed E-state index contributed by atoms with van der Waals surface area (Å²) in [6, 6.07) is -0.880. The van der Waals surface area contributed by atoms with Crippen molar-refractivity contribution < 1.29 is 19.5 Å². The van der Waals surface area contributed by atoms with Gasteiger partial charge in [-0.1, -0.05) is 13.3 Å². The van der Waals surface area contributed by atoms with Gasteiger partial charge in [-0.3, -0.25) is 14.4 Å². The van der Waals surface area contributed by atoms with Crippen molar-refractivity contribution in [1.82, 2.24) is 0 Å². The van der Waals surface area contributed by atoms with E-state index in [-0.39, 0.29) is 0 Å². The molecule has 13 heavy (non-hydrogen) atoms. The van der Waals surface area contributed by atoms with Crippen LogP contribution in [0.5, 0.6) is 0 Å². The number of ketones is 2. The number of rotatable bonds is 4. The summed E-state index contributed by atoms with van der Waals surface area (Å²) in [6.45, 7) is 1.81. The van der Waals surface area contributed by atoms with E-state index in [9.17, 15) is 14.4 Å². The average molecular weight is 185 g/mol. The SMILES string of the molecule is CCCC(N)C1(C(=O)O)C(=O)C1=O. The number of carbonyl (C=O) groups excluding carboxylic acids is 2. The summed E-state index contributed by atoms with van der Waals surface area (Å²) >= 11 is 0. The monoisotopic (exact) mass is 185 g/mol. The zero-order valence-corrected chi connectivity index (χ0v) is 7.24. The minimum atomic E-state index is -1.91. The van der Waals surface area contributed by atoms with Crippen LogP contribution in [0.15, 0.2) is 0 Å². The Balaban J connectivity index is 2.90. The van der Waals surface area contributed by atoms with Gasteiger partial charge in [0.2, 0.25) is 17.0 Å². The molecule has 1 unspecified atom stereocenters. The first-order chi connectivity index (χ1) is 5.99. The van der Waals surface area contributed by atoms with Crippen molar-refractivity contribution in [3.8, 4) is 0 Å². The van der Waals surface area contributed by atoms with E-state index < -0.39 is 29.0 Å². The fourth-order valence-corrected chi connectivity index (χ4v) is 1.47. The van der Waals surface area contributed by atoms with Gasteiger partial charge in [-0.25, -0.2) is 0 Å². The van der Waals surface area contributed by atoms with Crippen LogP contribution in [0, 0.1) is 5.41 Å². The molecule has 0 aromatic heterocycles. The highest BCUT2D eigenvalue weighted by Crippen LogP contribution is 2.41. The van der Waals surface area contributed by atoms with Crippen LogP contribution in [0.3, 0.4) is 0 Å². The molecule has 0 heterocycles. The number of nitrogens with two attached hydrogens (primary N) is 1. The van der Waals surface area contributed by atoms with Crippen LogP contribution < -0.4 is 5.73 Å². The first-order valence-electron chi connectivity index (χ1n) is 4.07. The largest absolute Gasteiger partial charge is 0.480 e. The van der Waals surface area contributed by atoms with Crippen molar-refractivity contribution in [2.75, 3.05) is 0 Å². The second kappa shape index (κ2) is 2.92. The van der Waals surface area contributed by atoms with Crippen LogP contribution in [-0.2, 0) is 14.4 Å². The maximum absolute atomic E-state index is 10.9. The van der Waals surface area contributed by atoms with Crippen molar-refractivity contribution in [3.63, 3.8) is 0 Å². The topological polar surface area (TPSA) is 97.5 Å². The van der Waals surface area contributed by atoms with Gasteiger partial charge in [0, 0.05) is 6.04 Å². The third-order valence-corrected chi connectivity index (χ3v) is 2.35. The second-order valence-corrected chi connectivity index (χ2v) is 3.17. The van der Waals surface area contributed by atoms with E-state index >= 15 is 0 Å². The second-order valence-electron chi connectivity index (χ2n) is 3.17. The summed E-state index contributed by atoms with van der Waals surface area (Å²) in [5, 5.41) is 8.72. The van der Waals surface area contributed by atoms with E-state index in [4.69, 9.17) is 10.8 Å². The van der Waals surface area contributed by atoms with Crippen LogP contribution in [0.25, 0.3) is 0 Å². The summed E-state index contributed by atoms with van der Waals surface area (Å²) in [5.41, 5.74) is 3.58. The molecule has 5 heteroatoms. The smallest absolute Gasteiger partial charge is 0.327 e. The zero-order valence-electron chi connectivity index (χ0n) is 7.24. The third kappa shape index (κ3) is 1.07. The Bertz CT molecular complexity index is 270. The van der Waals surface area contributed by atoms with Crippen molar-refractivity contribution in [2.45, 2.75) is 25.8 Å². The van der Waals surface area contributed by atoms with Gasteiger partial charge in [0.25, 0.3) is 0 Å². The van der Waals surface area contributed by atoms with Crippen LogP contribution in [-0.4, -0.2) is 28.7 Å². The van der Waals surface area contributed by atoms with Crippen LogP contribution >= 0.6 is 0 Å². The van der Waals surface area contributed by atoms with E-state index in [0.717, 1.165) is 0 Å². The van der Waals surface area contributed by atoms with Crippen LogP contribution in [0.1, 0.15) is 19.8 Å². The number of hydrogen-bond donors (Lipinski definition) is 2. The minimum Gasteiger partial charge on any atom is -0.480 e. The molecule has 0 spiro atoms. The lowest BCUT2D eigenvalue weighted by Gasteiger charge is -2.13. The third-order valence-electron chi connectivity index (χ3n) is 2.35. The van der Waals surface area contributed by atoms with Gasteiger partial charge < -0.3 is 10.8 Å². The van der Waals surface area contributed by atoms with Gasteiger partial charge in [0.05, 0.1) is 0 Å². The number of carboxylic acid groups (broad SMARTS) is 1. The zero-order chi connectivity index (χ0) is 10.2. The standard InChI is InChI=1S/C8H11NO4/c1-2-3-4(9)8(7(12)13)5(10)6(8)11/h4H,2-3,9H2,1H3,(H,12,13). The molecule has 0 amide bonds. The molecular weight excluding hydrogens is 174 g/mol. The van der Waals surface area contributed by atoms with E-state index in [1.54, 1.807) is 0 Å². The van der Waals surface area contributed by atoms with Crippen LogP contribution in [0.4, 0.5) is 0 Å². The predicted octanol–water partition coefficient (Wildman–Crippen LogP) is -0.663. The Labute approximate surface area is 74.9 Å². The van der Waals surface area contributed by atoms with Crippen molar-refractivity contribution in [2.24, 2.45) is 11.1 Å². The lowest BCUT2D eigenvalue weighted by Crippen LogP contribution is -2.40. The number of hydrogen-bond acceptors (Lipinski definition) is 4. The first-order valence-corrected chi connectivity index (χ1v) is 4.07. The predicted molar refractivity (Wildman–Crippen MR) is 43.0 cm³/mol. The molecule has 0 aliphatic heterocycles. The molecule has 1 saturated carbocycles. The Hall–Kier alpha value is -1.23. The molecule has 0 saturated heterocycles. The summed E-state index contributed by atoms with van der Waals surface area (Å²) in [4.78, 5) is 32.5. The Kier molecular flexibility index (Phi) is 2.21. The molecular formula is C8H11NO4. The van der Waals surface area contributed by atoms with E-state index in [1.807, 2.05) is 6.92 Å². The molecule has 72 valence electrons. The number of carbonyl (C=O) groups is 3. The van der Waals surface area contributed by atoms with Gasteiger partial charge in [-0.05, 0) is 6.42 Å². The van der Waals surface area contributed by atoms with E-state index in [0.29, 0.717) is 12.8 Å². The minimum absolute atomic E-state index is 0.365. The summed E-state index contributed by atoms with van der Waals surface area (Å²) in [6.07, 6.45) is 1.01. The fourth-order valence-electron chi connectivity index (χ4n) is 1.47.